The van der Waals surface area contributed by atoms with Crippen molar-refractivity contribution >= 4 is 11.8 Å². The van der Waals surface area contributed by atoms with Crippen LogP contribution in [0.25, 0.3) is 0 Å². The molecule has 0 aromatic carbocycles. The van der Waals surface area contributed by atoms with Crippen LogP contribution >= 0.6 is 0 Å². The summed E-state index contributed by atoms with van der Waals surface area (Å²) in [4.78, 5) is 22.8. The third kappa shape index (κ3) is 6.59. The van der Waals surface area contributed by atoms with Crippen LogP contribution in [0.2, 0.25) is 0 Å². The monoisotopic (exact) mass is 256 g/mol. The molecule has 0 heterocycles. The van der Waals surface area contributed by atoms with Crippen molar-refractivity contribution in [1.82, 2.24) is 10.6 Å². The van der Waals surface area contributed by atoms with E-state index in [4.69, 9.17) is 5.11 Å². The lowest BCUT2D eigenvalue weighted by Crippen LogP contribution is -2.39. The zero-order chi connectivity index (χ0) is 13.4. The van der Waals surface area contributed by atoms with Gasteiger partial charge in [-0.1, -0.05) is 25.7 Å². The first-order chi connectivity index (χ1) is 8.58. The van der Waals surface area contributed by atoms with E-state index in [0.717, 1.165) is 6.42 Å². The Morgan fingerprint density at radius 2 is 1.89 bits per heavy atom. The van der Waals surface area contributed by atoms with E-state index in [1.54, 1.807) is 6.92 Å². The predicted molar refractivity (Wildman–Crippen MR) is 68.9 cm³/mol. The minimum atomic E-state index is -0.563. The normalized spacial score (nSPS) is 17.4. The number of aliphatic hydroxyl groups excluding tert-OH is 1. The third-order valence-electron chi connectivity index (χ3n) is 3.30. The summed E-state index contributed by atoms with van der Waals surface area (Å²) in [6.07, 6.45) is 5.93. The molecule has 1 unspecified atom stereocenters. The van der Waals surface area contributed by atoms with Gasteiger partial charge in [-0.25, -0.2) is 0 Å². The Bertz CT molecular complexity index is 273. The molecule has 0 saturated heterocycles. The van der Waals surface area contributed by atoms with Crippen molar-refractivity contribution in [3.05, 3.63) is 0 Å². The first-order valence-electron chi connectivity index (χ1n) is 6.79. The van der Waals surface area contributed by atoms with Crippen LogP contribution in [0.3, 0.4) is 0 Å². The summed E-state index contributed by atoms with van der Waals surface area (Å²) >= 11 is 0. The highest BCUT2D eigenvalue weighted by molar-refractivity contribution is 5.84. The van der Waals surface area contributed by atoms with Crippen molar-refractivity contribution < 1.29 is 14.7 Å². The van der Waals surface area contributed by atoms with Gasteiger partial charge >= 0.3 is 0 Å². The zero-order valence-corrected chi connectivity index (χ0v) is 11.1. The Hall–Kier alpha value is -1.10. The van der Waals surface area contributed by atoms with Crippen molar-refractivity contribution in [3.63, 3.8) is 0 Å². The highest BCUT2D eigenvalue weighted by atomic mass is 16.3. The Balaban J connectivity index is 2.03. The maximum Gasteiger partial charge on any atom is 0.239 e. The van der Waals surface area contributed by atoms with Crippen LogP contribution in [-0.4, -0.2) is 36.1 Å². The van der Waals surface area contributed by atoms with E-state index >= 15 is 0 Å². The minimum Gasteiger partial charge on any atom is -0.392 e. The molecule has 18 heavy (non-hydrogen) atoms. The van der Waals surface area contributed by atoms with Crippen LogP contribution in [0.1, 0.15) is 45.4 Å². The quantitative estimate of drug-likeness (QED) is 0.623. The molecule has 104 valence electrons. The van der Waals surface area contributed by atoms with Crippen LogP contribution in [0.4, 0.5) is 0 Å². The van der Waals surface area contributed by atoms with Gasteiger partial charge < -0.3 is 15.7 Å². The fourth-order valence-electron chi connectivity index (χ4n) is 2.23. The molecule has 1 atom stereocenters. The van der Waals surface area contributed by atoms with E-state index in [1.807, 2.05) is 0 Å². The van der Waals surface area contributed by atoms with E-state index in [2.05, 4.69) is 10.6 Å². The summed E-state index contributed by atoms with van der Waals surface area (Å²) in [5, 5.41) is 14.1. The average molecular weight is 256 g/mol. The lowest BCUT2D eigenvalue weighted by molar-refractivity contribution is -0.126. The molecule has 5 heteroatoms. The van der Waals surface area contributed by atoms with Gasteiger partial charge in [0, 0.05) is 13.0 Å². The minimum absolute atomic E-state index is 0.00375. The number of amides is 2. The van der Waals surface area contributed by atoms with Crippen LogP contribution in [0.15, 0.2) is 0 Å². The lowest BCUT2D eigenvalue weighted by Gasteiger charge is -2.10. The topological polar surface area (TPSA) is 78.4 Å². The second kappa shape index (κ2) is 8.08. The van der Waals surface area contributed by atoms with Crippen molar-refractivity contribution in [2.45, 2.75) is 51.6 Å². The third-order valence-corrected chi connectivity index (χ3v) is 3.30. The van der Waals surface area contributed by atoms with E-state index in [9.17, 15) is 9.59 Å². The predicted octanol–water partition coefficient (Wildman–Crippen LogP) is 0.570. The maximum absolute atomic E-state index is 11.5. The van der Waals surface area contributed by atoms with Gasteiger partial charge in [-0.2, -0.15) is 0 Å². The summed E-state index contributed by atoms with van der Waals surface area (Å²) in [6, 6.07) is 0. The van der Waals surface area contributed by atoms with E-state index in [0.29, 0.717) is 12.3 Å². The second-order valence-electron chi connectivity index (χ2n) is 5.12. The molecule has 1 aliphatic rings. The van der Waals surface area contributed by atoms with Crippen molar-refractivity contribution in [2.75, 3.05) is 13.1 Å². The van der Waals surface area contributed by atoms with Crippen LogP contribution in [0.5, 0.6) is 0 Å². The molecule has 2 amide bonds. The summed E-state index contributed by atoms with van der Waals surface area (Å²) in [5.74, 6) is 0.374. The van der Waals surface area contributed by atoms with Crippen molar-refractivity contribution in [2.24, 2.45) is 5.92 Å². The molecule has 3 N–H and O–H groups in total. The number of rotatable bonds is 7. The molecule has 0 bridgehead atoms. The standard InChI is InChI=1S/C13H24N2O3/c1-10(16)8-14-13(18)9-15-12(17)7-6-11-4-2-3-5-11/h10-11,16H,2-9H2,1H3,(H,14,18)(H,15,17). The highest BCUT2D eigenvalue weighted by Gasteiger charge is 2.16. The summed E-state index contributed by atoms with van der Waals surface area (Å²) in [7, 11) is 0. The number of carbonyl (C=O) groups excluding carboxylic acids is 2. The number of hydrogen-bond acceptors (Lipinski definition) is 3. The molecule has 0 aliphatic heterocycles. The Kier molecular flexibility index (Phi) is 6.72. The van der Waals surface area contributed by atoms with Gasteiger partial charge in [-0.05, 0) is 19.3 Å². The molecule has 1 aliphatic carbocycles. The van der Waals surface area contributed by atoms with Gasteiger partial charge in [0.25, 0.3) is 0 Å². The van der Waals surface area contributed by atoms with Gasteiger partial charge in [-0.15, -0.1) is 0 Å². The van der Waals surface area contributed by atoms with Crippen molar-refractivity contribution in [1.29, 1.82) is 0 Å². The maximum atomic E-state index is 11.5. The van der Waals surface area contributed by atoms with Crippen LogP contribution < -0.4 is 10.6 Å². The SMILES string of the molecule is CC(O)CNC(=O)CNC(=O)CCC1CCCC1. The molecule has 1 rings (SSSR count). The van der Waals surface area contributed by atoms with E-state index in [-0.39, 0.29) is 24.9 Å². The molecule has 1 saturated carbocycles. The highest BCUT2D eigenvalue weighted by Crippen LogP contribution is 2.28. The molecule has 0 radical (unpaired) electrons. The number of nitrogens with one attached hydrogen (secondary N) is 2. The van der Waals surface area contributed by atoms with E-state index < -0.39 is 6.10 Å². The summed E-state index contributed by atoms with van der Waals surface area (Å²) in [6.45, 7) is 1.81. The van der Waals surface area contributed by atoms with Crippen LogP contribution in [0, 0.1) is 5.92 Å². The Labute approximate surface area is 108 Å². The number of aliphatic hydroxyl groups is 1. The molecular formula is C13H24N2O3. The largest absolute Gasteiger partial charge is 0.392 e. The summed E-state index contributed by atoms with van der Waals surface area (Å²) in [5.41, 5.74) is 0. The molecule has 5 nitrogen and oxygen atoms in total. The molecule has 0 aromatic heterocycles. The van der Waals surface area contributed by atoms with Gasteiger partial charge in [0.05, 0.1) is 12.6 Å². The number of hydrogen-bond donors (Lipinski definition) is 3. The molecule has 1 fully saturated rings. The van der Waals surface area contributed by atoms with Gasteiger partial charge in [0.1, 0.15) is 0 Å². The Morgan fingerprint density at radius 3 is 2.50 bits per heavy atom. The summed E-state index contributed by atoms with van der Waals surface area (Å²) < 4.78 is 0. The lowest BCUT2D eigenvalue weighted by atomic mass is 10.0. The first kappa shape index (κ1) is 15.0. The second-order valence-corrected chi connectivity index (χ2v) is 5.12. The fourth-order valence-corrected chi connectivity index (χ4v) is 2.23. The smallest absolute Gasteiger partial charge is 0.239 e. The fraction of sp³-hybridized carbons (Fsp3) is 0.846. The zero-order valence-electron chi connectivity index (χ0n) is 11.1. The Morgan fingerprint density at radius 1 is 1.22 bits per heavy atom. The van der Waals surface area contributed by atoms with Crippen LogP contribution in [-0.2, 0) is 9.59 Å². The van der Waals surface area contributed by atoms with Gasteiger partial charge in [-0.3, -0.25) is 9.59 Å². The van der Waals surface area contributed by atoms with E-state index in [1.165, 1.54) is 25.7 Å². The van der Waals surface area contributed by atoms with Gasteiger partial charge in [0.15, 0.2) is 0 Å². The molecular weight excluding hydrogens is 232 g/mol. The van der Waals surface area contributed by atoms with Gasteiger partial charge in [0.2, 0.25) is 11.8 Å². The average Bonchev–Trinajstić information content (AvgIpc) is 2.84. The number of carbonyl (C=O) groups is 2. The first-order valence-corrected chi connectivity index (χ1v) is 6.79. The molecule has 0 aromatic rings. The van der Waals surface area contributed by atoms with Crippen molar-refractivity contribution in [3.8, 4) is 0 Å². The molecule has 0 spiro atoms.